The summed E-state index contributed by atoms with van der Waals surface area (Å²) < 4.78 is 1.84. The number of fused-ring (bicyclic) bond motifs is 1. The molecule has 3 N–H and O–H groups in total. The fourth-order valence-corrected chi connectivity index (χ4v) is 2.42. The number of nitrogens with two attached hydrogens (primary N) is 1. The Morgan fingerprint density at radius 2 is 2.20 bits per heavy atom. The van der Waals surface area contributed by atoms with Crippen molar-refractivity contribution in [3.8, 4) is 0 Å². The van der Waals surface area contributed by atoms with Crippen LogP contribution in [0, 0.1) is 5.92 Å². The molecule has 0 radical (unpaired) electrons. The molecule has 0 atom stereocenters. The lowest BCUT2D eigenvalue weighted by atomic mass is 10.2. The highest BCUT2D eigenvalue weighted by Crippen LogP contribution is 2.24. The summed E-state index contributed by atoms with van der Waals surface area (Å²) in [5.41, 5.74) is 6.47. The van der Waals surface area contributed by atoms with E-state index in [2.05, 4.69) is 41.2 Å². The van der Waals surface area contributed by atoms with E-state index in [0.29, 0.717) is 19.0 Å². The van der Waals surface area contributed by atoms with Gasteiger partial charge in [0.15, 0.2) is 10.8 Å². The van der Waals surface area contributed by atoms with Gasteiger partial charge in [0.25, 0.3) is 0 Å². The van der Waals surface area contributed by atoms with Gasteiger partial charge in [-0.05, 0) is 11.7 Å². The molecule has 2 aromatic rings. The zero-order valence-corrected chi connectivity index (χ0v) is 13.1. The van der Waals surface area contributed by atoms with Crippen LogP contribution >= 0.6 is 11.8 Å². The summed E-state index contributed by atoms with van der Waals surface area (Å²) in [6.07, 6.45) is 1.81. The Labute approximate surface area is 123 Å². The molecule has 0 aromatic carbocycles. The summed E-state index contributed by atoms with van der Waals surface area (Å²) in [6, 6.07) is 0. The normalized spacial score (nSPS) is 11.4. The number of hydrogen-bond acceptors (Lipinski definition) is 6. The van der Waals surface area contributed by atoms with Crippen molar-refractivity contribution in [2.75, 3.05) is 24.2 Å². The molecule has 0 amide bonds. The van der Waals surface area contributed by atoms with Gasteiger partial charge in [0, 0.05) is 13.1 Å². The predicted molar refractivity (Wildman–Crippen MR) is 84.1 cm³/mol. The van der Waals surface area contributed by atoms with Gasteiger partial charge in [-0.2, -0.15) is 5.10 Å². The van der Waals surface area contributed by atoms with Gasteiger partial charge in [-0.25, -0.2) is 14.6 Å². The summed E-state index contributed by atoms with van der Waals surface area (Å²) in [6.45, 7) is 8.53. The van der Waals surface area contributed by atoms with E-state index < -0.39 is 0 Å². The minimum atomic E-state index is 0.547. The van der Waals surface area contributed by atoms with Crippen molar-refractivity contribution in [1.29, 1.82) is 0 Å². The maximum atomic E-state index is 5.62. The first-order chi connectivity index (χ1) is 9.65. The van der Waals surface area contributed by atoms with E-state index in [0.717, 1.165) is 34.3 Å². The first kappa shape index (κ1) is 15.1. The standard InChI is InChI=1S/C13H22N6S/c1-4-20-13-17-11(15-7-9(2)3)10-8-16-19(6-5-14)12(10)18-13/h8-9H,4-7,14H2,1-3H3,(H,15,17,18). The van der Waals surface area contributed by atoms with Crippen LogP contribution in [-0.2, 0) is 6.54 Å². The number of rotatable bonds is 7. The van der Waals surface area contributed by atoms with Gasteiger partial charge < -0.3 is 11.1 Å². The quantitative estimate of drug-likeness (QED) is 0.600. The molecule has 20 heavy (non-hydrogen) atoms. The summed E-state index contributed by atoms with van der Waals surface area (Å²) in [5, 5.41) is 9.49. The molecule has 0 aliphatic heterocycles. The minimum absolute atomic E-state index is 0.547. The predicted octanol–water partition coefficient (Wildman–Crippen LogP) is 1.96. The van der Waals surface area contributed by atoms with Gasteiger partial charge in [0.1, 0.15) is 5.82 Å². The van der Waals surface area contributed by atoms with Gasteiger partial charge in [0.2, 0.25) is 0 Å². The highest BCUT2D eigenvalue weighted by molar-refractivity contribution is 7.99. The first-order valence-corrected chi connectivity index (χ1v) is 7.94. The highest BCUT2D eigenvalue weighted by atomic mass is 32.2. The lowest BCUT2D eigenvalue weighted by Gasteiger charge is -2.10. The third-order valence-corrected chi connectivity index (χ3v) is 3.50. The average Bonchev–Trinajstić information content (AvgIpc) is 2.80. The maximum absolute atomic E-state index is 5.62. The fraction of sp³-hybridized carbons (Fsp3) is 0.615. The second kappa shape index (κ2) is 6.90. The molecule has 0 aliphatic carbocycles. The summed E-state index contributed by atoms with van der Waals surface area (Å²) in [4.78, 5) is 9.18. The Morgan fingerprint density at radius 1 is 1.40 bits per heavy atom. The van der Waals surface area contributed by atoms with Crippen LogP contribution in [0.3, 0.4) is 0 Å². The SMILES string of the molecule is CCSc1nc(NCC(C)C)c2cnn(CCN)c2n1. The van der Waals surface area contributed by atoms with Gasteiger partial charge in [0.05, 0.1) is 18.1 Å². The molecule has 0 saturated heterocycles. The molecule has 2 rings (SSSR count). The molecule has 6 nitrogen and oxygen atoms in total. The van der Waals surface area contributed by atoms with E-state index >= 15 is 0 Å². The Bertz CT molecular complexity index is 565. The molecule has 110 valence electrons. The van der Waals surface area contributed by atoms with E-state index in [-0.39, 0.29) is 0 Å². The largest absolute Gasteiger partial charge is 0.369 e. The zero-order valence-electron chi connectivity index (χ0n) is 12.3. The van der Waals surface area contributed by atoms with Crippen molar-refractivity contribution >= 4 is 28.6 Å². The number of anilines is 1. The van der Waals surface area contributed by atoms with Crippen LogP contribution in [0.2, 0.25) is 0 Å². The highest BCUT2D eigenvalue weighted by Gasteiger charge is 2.12. The van der Waals surface area contributed by atoms with Crippen LogP contribution in [0.15, 0.2) is 11.4 Å². The van der Waals surface area contributed by atoms with Crippen molar-refractivity contribution in [1.82, 2.24) is 19.7 Å². The minimum Gasteiger partial charge on any atom is -0.369 e. The van der Waals surface area contributed by atoms with E-state index in [1.165, 1.54) is 0 Å². The molecule has 0 aliphatic rings. The van der Waals surface area contributed by atoms with Crippen LogP contribution in [0.5, 0.6) is 0 Å². The Balaban J connectivity index is 2.42. The molecular formula is C13H22N6S. The van der Waals surface area contributed by atoms with E-state index in [4.69, 9.17) is 5.73 Å². The Kier molecular flexibility index (Phi) is 5.19. The number of aromatic nitrogens is 4. The molecule has 0 spiro atoms. The Hall–Kier alpha value is -1.34. The second-order valence-electron chi connectivity index (χ2n) is 4.96. The monoisotopic (exact) mass is 294 g/mol. The second-order valence-corrected chi connectivity index (χ2v) is 6.19. The molecule has 0 bridgehead atoms. The van der Waals surface area contributed by atoms with Crippen LogP contribution in [0.25, 0.3) is 11.0 Å². The topological polar surface area (TPSA) is 81.7 Å². The van der Waals surface area contributed by atoms with Gasteiger partial charge in [-0.3, -0.25) is 0 Å². The fourth-order valence-electron chi connectivity index (χ4n) is 1.85. The zero-order chi connectivity index (χ0) is 14.5. The summed E-state index contributed by atoms with van der Waals surface area (Å²) in [5.74, 6) is 2.37. The van der Waals surface area contributed by atoms with Crippen LogP contribution in [0.1, 0.15) is 20.8 Å². The van der Waals surface area contributed by atoms with Gasteiger partial charge in [-0.1, -0.05) is 32.5 Å². The third kappa shape index (κ3) is 3.40. The van der Waals surface area contributed by atoms with Gasteiger partial charge >= 0.3 is 0 Å². The van der Waals surface area contributed by atoms with Crippen LogP contribution in [-0.4, -0.2) is 38.6 Å². The number of nitrogens with one attached hydrogen (secondary N) is 1. The number of thioether (sulfide) groups is 1. The smallest absolute Gasteiger partial charge is 0.191 e. The molecule has 0 fully saturated rings. The summed E-state index contributed by atoms with van der Waals surface area (Å²) >= 11 is 1.63. The van der Waals surface area contributed by atoms with Crippen molar-refractivity contribution < 1.29 is 0 Å². The Morgan fingerprint density at radius 3 is 2.85 bits per heavy atom. The molecule has 0 saturated carbocycles. The molecule has 2 heterocycles. The maximum Gasteiger partial charge on any atom is 0.191 e. The van der Waals surface area contributed by atoms with Crippen LogP contribution < -0.4 is 11.1 Å². The molecule has 7 heteroatoms. The van der Waals surface area contributed by atoms with Gasteiger partial charge in [-0.15, -0.1) is 0 Å². The lowest BCUT2D eigenvalue weighted by molar-refractivity contribution is 0.637. The van der Waals surface area contributed by atoms with Crippen molar-refractivity contribution in [2.24, 2.45) is 11.7 Å². The van der Waals surface area contributed by atoms with Crippen molar-refractivity contribution in [3.63, 3.8) is 0 Å². The molecule has 2 aromatic heterocycles. The van der Waals surface area contributed by atoms with Crippen molar-refractivity contribution in [2.45, 2.75) is 32.5 Å². The number of nitrogens with zero attached hydrogens (tertiary/aromatic N) is 4. The van der Waals surface area contributed by atoms with E-state index in [1.807, 2.05) is 10.9 Å². The van der Waals surface area contributed by atoms with E-state index in [1.54, 1.807) is 11.8 Å². The van der Waals surface area contributed by atoms with Crippen molar-refractivity contribution in [3.05, 3.63) is 6.20 Å². The van der Waals surface area contributed by atoms with Crippen LogP contribution in [0.4, 0.5) is 5.82 Å². The number of hydrogen-bond donors (Lipinski definition) is 2. The first-order valence-electron chi connectivity index (χ1n) is 6.96. The third-order valence-electron chi connectivity index (χ3n) is 2.77. The molecule has 0 unspecified atom stereocenters. The van der Waals surface area contributed by atoms with E-state index in [9.17, 15) is 0 Å². The molecular weight excluding hydrogens is 272 g/mol. The average molecular weight is 294 g/mol. The summed E-state index contributed by atoms with van der Waals surface area (Å²) in [7, 11) is 0. The lowest BCUT2D eigenvalue weighted by Crippen LogP contribution is -2.13.